The van der Waals surface area contributed by atoms with E-state index in [-0.39, 0.29) is 24.0 Å². The third-order valence-electron chi connectivity index (χ3n) is 4.57. The molecular weight excluding hydrogens is 475 g/mol. The highest BCUT2D eigenvalue weighted by Crippen LogP contribution is 2.15. The second-order valence-corrected chi connectivity index (χ2v) is 6.90. The molecule has 7 heteroatoms. The van der Waals surface area contributed by atoms with Crippen LogP contribution < -0.4 is 10.6 Å². The van der Waals surface area contributed by atoms with Crippen molar-refractivity contribution < 1.29 is 0 Å². The predicted molar refractivity (Wildman–Crippen MR) is 129 cm³/mol. The zero-order chi connectivity index (χ0) is 19.8. The molecule has 2 N–H and O–H groups in total. The van der Waals surface area contributed by atoms with Crippen molar-refractivity contribution in [2.45, 2.75) is 33.2 Å². The van der Waals surface area contributed by atoms with Crippen LogP contribution in [0.3, 0.4) is 0 Å². The number of nitrogens with one attached hydrogen (secondary N) is 2. The summed E-state index contributed by atoms with van der Waals surface area (Å²) in [6.45, 7) is 8.72. The van der Waals surface area contributed by atoms with Gasteiger partial charge in [0.15, 0.2) is 5.96 Å². The average Bonchev–Trinajstić information content (AvgIpc) is 3.25. The Labute approximate surface area is 189 Å². The second kappa shape index (κ2) is 11.5. The lowest BCUT2D eigenvalue weighted by molar-refractivity contribution is 0.699. The van der Waals surface area contributed by atoms with Gasteiger partial charge in [-0.05, 0) is 43.0 Å². The number of halogens is 1. The molecule has 2 aromatic carbocycles. The van der Waals surface area contributed by atoms with E-state index in [1.807, 2.05) is 12.1 Å². The summed E-state index contributed by atoms with van der Waals surface area (Å²) < 4.78 is 1.74. The average molecular weight is 504 g/mol. The highest BCUT2D eigenvalue weighted by atomic mass is 127. The second-order valence-electron chi connectivity index (χ2n) is 6.90. The number of aliphatic imine (C=N–C) groups is 1. The van der Waals surface area contributed by atoms with Gasteiger partial charge in [-0.15, -0.1) is 24.0 Å². The zero-order valence-corrected chi connectivity index (χ0v) is 19.5. The maximum Gasteiger partial charge on any atom is 0.191 e. The first-order valence-corrected chi connectivity index (χ1v) is 9.68. The number of aryl methyl sites for hydroxylation is 1. The fourth-order valence-corrected chi connectivity index (χ4v) is 2.95. The molecular formula is C22H29IN6. The molecule has 0 amide bonds. The molecule has 0 aliphatic carbocycles. The van der Waals surface area contributed by atoms with Gasteiger partial charge in [-0.3, -0.25) is 0 Å². The van der Waals surface area contributed by atoms with Crippen LogP contribution >= 0.6 is 24.0 Å². The predicted octanol–water partition coefficient (Wildman–Crippen LogP) is 4.05. The van der Waals surface area contributed by atoms with E-state index in [1.165, 1.54) is 17.5 Å². The summed E-state index contributed by atoms with van der Waals surface area (Å²) in [7, 11) is 0. The Hall–Kier alpha value is -2.42. The monoisotopic (exact) mass is 504 g/mol. The Kier molecular flexibility index (Phi) is 9.11. The van der Waals surface area contributed by atoms with Gasteiger partial charge in [-0.25, -0.2) is 14.7 Å². The maximum absolute atomic E-state index is 4.72. The Morgan fingerprint density at radius 1 is 1.14 bits per heavy atom. The molecule has 1 aromatic heterocycles. The minimum absolute atomic E-state index is 0. The van der Waals surface area contributed by atoms with Crippen LogP contribution in [0.25, 0.3) is 5.69 Å². The van der Waals surface area contributed by atoms with Crippen LogP contribution in [0.1, 0.15) is 36.5 Å². The Morgan fingerprint density at radius 2 is 1.93 bits per heavy atom. The molecule has 3 rings (SSSR count). The lowest BCUT2D eigenvalue weighted by Crippen LogP contribution is -2.39. The quantitative estimate of drug-likeness (QED) is 0.290. The van der Waals surface area contributed by atoms with Crippen molar-refractivity contribution >= 4 is 29.9 Å². The molecule has 1 unspecified atom stereocenters. The van der Waals surface area contributed by atoms with E-state index in [4.69, 9.17) is 4.99 Å². The van der Waals surface area contributed by atoms with Crippen LogP contribution in [0.4, 0.5) is 0 Å². The maximum atomic E-state index is 4.72. The summed E-state index contributed by atoms with van der Waals surface area (Å²) in [5.41, 5.74) is 4.77. The molecule has 1 heterocycles. The van der Waals surface area contributed by atoms with Crippen molar-refractivity contribution in [2.75, 3.05) is 13.1 Å². The van der Waals surface area contributed by atoms with Crippen LogP contribution in [0, 0.1) is 6.92 Å². The first-order chi connectivity index (χ1) is 13.7. The highest BCUT2D eigenvalue weighted by molar-refractivity contribution is 14.0. The molecule has 1 atom stereocenters. The van der Waals surface area contributed by atoms with E-state index in [2.05, 4.69) is 77.9 Å². The van der Waals surface area contributed by atoms with Crippen molar-refractivity contribution in [1.29, 1.82) is 0 Å². The highest BCUT2D eigenvalue weighted by Gasteiger charge is 2.07. The zero-order valence-electron chi connectivity index (χ0n) is 17.2. The van der Waals surface area contributed by atoms with Crippen LogP contribution in [-0.4, -0.2) is 33.8 Å². The summed E-state index contributed by atoms with van der Waals surface area (Å²) >= 11 is 0. The van der Waals surface area contributed by atoms with Crippen molar-refractivity contribution in [3.05, 3.63) is 77.9 Å². The third-order valence-corrected chi connectivity index (χ3v) is 4.57. The van der Waals surface area contributed by atoms with Gasteiger partial charge in [-0.2, -0.15) is 5.10 Å². The van der Waals surface area contributed by atoms with Crippen molar-refractivity contribution in [3.8, 4) is 5.69 Å². The molecule has 0 aliphatic heterocycles. The van der Waals surface area contributed by atoms with Crippen LogP contribution in [0.5, 0.6) is 0 Å². The van der Waals surface area contributed by atoms with E-state index in [1.54, 1.807) is 11.0 Å². The summed E-state index contributed by atoms with van der Waals surface area (Å²) in [5.74, 6) is 1.24. The topological polar surface area (TPSA) is 67.1 Å². The first-order valence-electron chi connectivity index (χ1n) is 9.68. The minimum Gasteiger partial charge on any atom is -0.357 e. The van der Waals surface area contributed by atoms with Crippen molar-refractivity contribution in [1.82, 2.24) is 25.4 Å². The molecule has 6 nitrogen and oxygen atoms in total. The van der Waals surface area contributed by atoms with Gasteiger partial charge in [-0.1, -0.05) is 48.9 Å². The SMILES string of the molecule is CCNC(=NCc1ccc(-n2cncn2)cc1)NCC(C)c1cccc(C)c1.I. The van der Waals surface area contributed by atoms with E-state index in [0.717, 1.165) is 30.3 Å². The number of hydrogen-bond acceptors (Lipinski definition) is 3. The molecule has 154 valence electrons. The van der Waals surface area contributed by atoms with Crippen molar-refractivity contribution in [3.63, 3.8) is 0 Å². The molecule has 3 aromatic rings. The lowest BCUT2D eigenvalue weighted by Gasteiger charge is -2.16. The molecule has 0 bridgehead atoms. The summed E-state index contributed by atoms with van der Waals surface area (Å²) in [6, 6.07) is 16.9. The van der Waals surface area contributed by atoms with Gasteiger partial charge >= 0.3 is 0 Å². The fraction of sp³-hybridized carbons (Fsp3) is 0.318. The van der Waals surface area contributed by atoms with Gasteiger partial charge in [0, 0.05) is 13.1 Å². The van der Waals surface area contributed by atoms with Gasteiger partial charge in [0.05, 0.1) is 12.2 Å². The van der Waals surface area contributed by atoms with Crippen LogP contribution in [0.2, 0.25) is 0 Å². The standard InChI is InChI=1S/C22H28N6.HI/c1-4-24-22(25-13-18(3)20-7-5-6-17(2)12-20)26-14-19-8-10-21(11-9-19)28-16-23-15-27-28;/h5-12,15-16,18H,4,13-14H2,1-3H3,(H2,24,25,26);1H. The fourth-order valence-electron chi connectivity index (χ4n) is 2.95. The Morgan fingerprint density at radius 3 is 2.59 bits per heavy atom. The summed E-state index contributed by atoms with van der Waals surface area (Å²) in [6.07, 6.45) is 3.22. The lowest BCUT2D eigenvalue weighted by atomic mass is 9.99. The number of hydrogen-bond donors (Lipinski definition) is 2. The number of nitrogens with zero attached hydrogens (tertiary/aromatic N) is 4. The van der Waals surface area contributed by atoms with E-state index in [9.17, 15) is 0 Å². The van der Waals surface area contributed by atoms with E-state index >= 15 is 0 Å². The van der Waals surface area contributed by atoms with E-state index in [0.29, 0.717) is 12.5 Å². The number of rotatable bonds is 7. The summed E-state index contributed by atoms with van der Waals surface area (Å²) in [4.78, 5) is 8.69. The third kappa shape index (κ3) is 6.85. The van der Waals surface area contributed by atoms with Crippen molar-refractivity contribution in [2.24, 2.45) is 4.99 Å². The number of guanidine groups is 1. The number of aromatic nitrogens is 3. The van der Waals surface area contributed by atoms with Crippen LogP contribution in [-0.2, 0) is 6.54 Å². The molecule has 29 heavy (non-hydrogen) atoms. The Balaban J connectivity index is 0.00000300. The molecule has 0 aliphatic rings. The molecule has 0 radical (unpaired) electrons. The normalized spacial score (nSPS) is 12.2. The van der Waals surface area contributed by atoms with Gasteiger partial charge < -0.3 is 10.6 Å². The van der Waals surface area contributed by atoms with Gasteiger partial charge in [0.25, 0.3) is 0 Å². The smallest absolute Gasteiger partial charge is 0.191 e. The Bertz CT molecular complexity index is 890. The first kappa shape index (κ1) is 22.9. The molecule has 0 fully saturated rings. The largest absolute Gasteiger partial charge is 0.357 e. The number of benzene rings is 2. The molecule has 0 saturated heterocycles. The summed E-state index contributed by atoms with van der Waals surface area (Å²) in [5, 5.41) is 10.9. The van der Waals surface area contributed by atoms with E-state index < -0.39 is 0 Å². The van der Waals surface area contributed by atoms with Crippen LogP contribution in [0.15, 0.2) is 66.2 Å². The van der Waals surface area contributed by atoms with Gasteiger partial charge in [0.1, 0.15) is 12.7 Å². The minimum atomic E-state index is 0. The molecule has 0 spiro atoms. The molecule has 0 saturated carbocycles. The van der Waals surface area contributed by atoms with Gasteiger partial charge in [0.2, 0.25) is 0 Å².